The first-order valence-corrected chi connectivity index (χ1v) is 6.82. The molecule has 1 aromatic carbocycles. The lowest BCUT2D eigenvalue weighted by Crippen LogP contribution is -2.51. The average molecular weight is 304 g/mol. The number of rotatable bonds is 6. The van der Waals surface area contributed by atoms with Gasteiger partial charge >= 0.3 is 0 Å². The molecule has 0 aliphatic carbocycles. The minimum absolute atomic E-state index is 0.184. The molecule has 112 valence electrons. The van der Waals surface area contributed by atoms with Gasteiger partial charge in [0.05, 0.1) is 6.04 Å². The van der Waals surface area contributed by atoms with Crippen LogP contribution in [0.3, 0.4) is 0 Å². The predicted octanol–water partition coefficient (Wildman–Crippen LogP) is 4.63. The molecule has 1 rings (SSSR count). The molecular weight excluding hydrogens is 270 g/mol. The number of hydrogen-bond acceptors (Lipinski definition) is 2. The Hall–Kier alpha value is -0.860. The van der Waals surface area contributed by atoms with E-state index < -0.39 is 43.4 Å². The van der Waals surface area contributed by atoms with Crippen LogP contribution in [0.25, 0.3) is 0 Å². The standard InChI is InChI=1S/C17H26ClNO/c1-7-17(5,6)19-15(11(2)3)16(20)13-9-8-12(4)14(18)10-13/h8-11,15,19H,7H2,1-6H3/i5D3,6D3,7D2. The number of Topliss-reactive ketones (excluding diaryl/α,β-unsaturated/α-hetero) is 1. The number of halogens is 1. The first-order valence-electron chi connectivity index (χ1n) is 10.4. The lowest BCUT2D eigenvalue weighted by molar-refractivity contribution is 0.0890. The van der Waals surface area contributed by atoms with Crippen LogP contribution in [-0.4, -0.2) is 17.4 Å². The SMILES string of the molecule is [2H]C([2H])([2H])C(NC(C(=O)c1ccc(C)c(Cl)c1)C(C)C)(C([2H])([2H])[2H])C([2H])([2H])C. The van der Waals surface area contributed by atoms with Crippen LogP contribution in [0.5, 0.6) is 0 Å². The zero-order valence-corrected chi connectivity index (χ0v) is 12.9. The highest BCUT2D eigenvalue weighted by Gasteiger charge is 2.28. The van der Waals surface area contributed by atoms with Crippen LogP contribution in [0.2, 0.25) is 5.02 Å². The van der Waals surface area contributed by atoms with Crippen LogP contribution in [-0.2, 0) is 0 Å². The molecule has 0 saturated carbocycles. The summed E-state index contributed by atoms with van der Waals surface area (Å²) in [6.45, 7) is -0.609. The topological polar surface area (TPSA) is 29.1 Å². The van der Waals surface area contributed by atoms with Gasteiger partial charge in [-0.15, -0.1) is 0 Å². The van der Waals surface area contributed by atoms with Gasteiger partial charge in [-0.05, 0) is 44.5 Å². The maximum Gasteiger partial charge on any atom is 0.180 e. The molecule has 3 heteroatoms. The minimum atomic E-state index is -3.26. The summed E-state index contributed by atoms with van der Waals surface area (Å²) in [6, 6.07) is 3.33. The van der Waals surface area contributed by atoms with E-state index in [9.17, 15) is 4.79 Å². The lowest BCUT2D eigenvalue weighted by Gasteiger charge is -2.32. The van der Waals surface area contributed by atoms with Crippen molar-refractivity contribution in [1.29, 1.82) is 0 Å². The van der Waals surface area contributed by atoms with Crippen LogP contribution in [0.15, 0.2) is 18.2 Å². The largest absolute Gasteiger partial charge is 0.302 e. The third-order valence-electron chi connectivity index (χ3n) is 3.15. The second kappa shape index (κ2) is 6.73. The fourth-order valence-electron chi connectivity index (χ4n) is 1.77. The Balaban J connectivity index is 3.59. The third kappa shape index (κ3) is 4.32. The van der Waals surface area contributed by atoms with Crippen molar-refractivity contribution in [1.82, 2.24) is 5.32 Å². The Morgan fingerprint density at radius 3 is 2.60 bits per heavy atom. The highest BCUT2D eigenvalue weighted by Crippen LogP contribution is 2.21. The smallest absolute Gasteiger partial charge is 0.180 e. The van der Waals surface area contributed by atoms with Crippen LogP contribution >= 0.6 is 11.6 Å². The minimum Gasteiger partial charge on any atom is -0.302 e. The molecular formula is C17H26ClNO. The fourth-order valence-corrected chi connectivity index (χ4v) is 1.95. The van der Waals surface area contributed by atoms with E-state index in [1.165, 1.54) is 12.1 Å². The van der Waals surface area contributed by atoms with Gasteiger partial charge in [-0.25, -0.2) is 0 Å². The fraction of sp³-hybridized carbons (Fsp3) is 0.588. The molecule has 2 nitrogen and oxygen atoms in total. The number of ketones is 1. The van der Waals surface area contributed by atoms with Crippen molar-refractivity contribution < 1.29 is 15.8 Å². The van der Waals surface area contributed by atoms with Crippen molar-refractivity contribution in [2.24, 2.45) is 5.92 Å². The summed E-state index contributed by atoms with van der Waals surface area (Å²) >= 11 is 6.08. The van der Waals surface area contributed by atoms with Gasteiger partial charge in [0.15, 0.2) is 5.78 Å². The van der Waals surface area contributed by atoms with Gasteiger partial charge in [-0.2, -0.15) is 0 Å². The van der Waals surface area contributed by atoms with Gasteiger partial charge in [0.1, 0.15) is 0 Å². The monoisotopic (exact) mass is 303 g/mol. The number of benzene rings is 1. The number of carbonyl (C=O) groups is 1. The van der Waals surface area contributed by atoms with E-state index in [4.69, 9.17) is 22.6 Å². The quantitative estimate of drug-likeness (QED) is 0.776. The van der Waals surface area contributed by atoms with E-state index in [0.29, 0.717) is 5.02 Å². The highest BCUT2D eigenvalue weighted by molar-refractivity contribution is 6.31. The van der Waals surface area contributed by atoms with Crippen molar-refractivity contribution in [3.05, 3.63) is 34.3 Å². The van der Waals surface area contributed by atoms with E-state index >= 15 is 0 Å². The molecule has 1 N–H and O–H groups in total. The van der Waals surface area contributed by atoms with Crippen LogP contribution in [0.1, 0.15) is 67.7 Å². The van der Waals surface area contributed by atoms with Gasteiger partial charge in [0, 0.05) is 27.1 Å². The molecule has 20 heavy (non-hydrogen) atoms. The summed E-state index contributed by atoms with van der Waals surface area (Å²) in [7, 11) is 0. The van der Waals surface area contributed by atoms with Gasteiger partial charge < -0.3 is 5.32 Å². The zero-order valence-electron chi connectivity index (χ0n) is 20.2. The van der Waals surface area contributed by atoms with Crippen molar-refractivity contribution in [2.75, 3.05) is 0 Å². The molecule has 0 bridgehead atoms. The van der Waals surface area contributed by atoms with E-state index in [1.54, 1.807) is 26.8 Å². The number of aryl methyl sites for hydroxylation is 1. The molecule has 0 fully saturated rings. The molecule has 0 amide bonds. The summed E-state index contributed by atoms with van der Waals surface area (Å²) < 4.78 is 63.1. The first-order chi connectivity index (χ1) is 12.4. The molecule has 0 heterocycles. The molecule has 0 spiro atoms. The van der Waals surface area contributed by atoms with E-state index in [1.807, 2.05) is 0 Å². The first kappa shape index (κ1) is 8.55. The number of hydrogen-bond donors (Lipinski definition) is 1. The van der Waals surface area contributed by atoms with Gasteiger partial charge in [0.25, 0.3) is 0 Å². The lowest BCUT2D eigenvalue weighted by atomic mass is 9.90. The average Bonchev–Trinajstić information content (AvgIpc) is 2.45. The van der Waals surface area contributed by atoms with Crippen molar-refractivity contribution in [2.45, 2.75) is 59.4 Å². The second-order valence-electron chi connectivity index (χ2n) is 5.19. The van der Waals surface area contributed by atoms with Crippen molar-refractivity contribution in [3.8, 4) is 0 Å². The molecule has 1 aromatic rings. The highest BCUT2D eigenvalue weighted by atomic mass is 35.5. The Morgan fingerprint density at radius 1 is 1.50 bits per heavy atom. The van der Waals surface area contributed by atoms with Crippen molar-refractivity contribution >= 4 is 17.4 Å². The maximum atomic E-state index is 13.1. The molecule has 1 unspecified atom stereocenters. The summed E-state index contributed by atoms with van der Waals surface area (Å²) in [5.41, 5.74) is -2.02. The summed E-state index contributed by atoms with van der Waals surface area (Å²) in [4.78, 5) is 13.1. The zero-order chi connectivity index (χ0) is 22.3. The van der Waals surface area contributed by atoms with Crippen molar-refractivity contribution in [3.63, 3.8) is 0 Å². The maximum absolute atomic E-state index is 13.1. The molecule has 1 atom stereocenters. The molecule has 0 aromatic heterocycles. The summed E-state index contributed by atoms with van der Waals surface area (Å²) in [5, 5.41) is 2.77. The Bertz CT molecular complexity index is 685. The predicted molar refractivity (Wildman–Crippen MR) is 86.7 cm³/mol. The Labute approximate surface area is 139 Å². The van der Waals surface area contributed by atoms with E-state index in [-0.39, 0.29) is 5.56 Å². The van der Waals surface area contributed by atoms with Crippen LogP contribution < -0.4 is 5.32 Å². The van der Waals surface area contributed by atoms with Gasteiger partial charge in [-0.1, -0.05) is 44.5 Å². The molecule has 0 radical (unpaired) electrons. The number of carbonyl (C=O) groups excluding carboxylic acids is 1. The van der Waals surface area contributed by atoms with Crippen LogP contribution in [0, 0.1) is 12.8 Å². The van der Waals surface area contributed by atoms with Crippen LogP contribution in [0.4, 0.5) is 0 Å². The molecule has 0 saturated heterocycles. The van der Waals surface area contributed by atoms with Gasteiger partial charge in [0.2, 0.25) is 0 Å². The number of nitrogens with one attached hydrogen (secondary N) is 1. The Kier molecular flexibility index (Phi) is 2.88. The second-order valence-corrected chi connectivity index (χ2v) is 5.60. The Morgan fingerprint density at radius 2 is 2.15 bits per heavy atom. The normalized spacial score (nSPS) is 21.5. The summed E-state index contributed by atoms with van der Waals surface area (Å²) in [5.74, 6) is -1.07. The summed E-state index contributed by atoms with van der Waals surface area (Å²) in [6.07, 6.45) is -2.69. The molecule has 0 aliphatic rings. The molecule has 0 aliphatic heterocycles. The van der Waals surface area contributed by atoms with E-state index in [0.717, 1.165) is 12.5 Å². The van der Waals surface area contributed by atoms with E-state index in [2.05, 4.69) is 5.32 Å². The van der Waals surface area contributed by atoms with Gasteiger partial charge in [-0.3, -0.25) is 4.79 Å². The third-order valence-corrected chi connectivity index (χ3v) is 3.56.